The Bertz CT molecular complexity index is 1190. The van der Waals surface area contributed by atoms with Crippen molar-refractivity contribution in [2.24, 2.45) is 0 Å². The van der Waals surface area contributed by atoms with Gasteiger partial charge in [-0.3, -0.25) is 9.59 Å². The molecule has 0 atom stereocenters. The monoisotopic (exact) mass is 477 g/mol. The summed E-state index contributed by atoms with van der Waals surface area (Å²) in [6, 6.07) is 12.6. The van der Waals surface area contributed by atoms with E-state index in [1.807, 2.05) is 24.3 Å². The highest BCUT2D eigenvalue weighted by molar-refractivity contribution is 5.97. The number of hydrogen-bond acceptors (Lipinski definition) is 8. The van der Waals surface area contributed by atoms with Gasteiger partial charge < -0.3 is 29.7 Å². The van der Waals surface area contributed by atoms with Crippen molar-refractivity contribution in [2.45, 2.75) is 0 Å². The number of para-hydroxylation sites is 1. The van der Waals surface area contributed by atoms with Crippen LogP contribution in [0.3, 0.4) is 0 Å². The van der Waals surface area contributed by atoms with E-state index in [0.29, 0.717) is 37.8 Å². The molecule has 10 nitrogen and oxygen atoms in total. The largest absolute Gasteiger partial charge is 0.504 e. The van der Waals surface area contributed by atoms with E-state index in [1.54, 1.807) is 17.3 Å². The average Bonchev–Trinajstić information content (AvgIpc) is 2.92. The van der Waals surface area contributed by atoms with Crippen molar-refractivity contribution in [3.8, 4) is 28.6 Å². The Labute approximate surface area is 203 Å². The fraction of sp³-hybridized carbons (Fsp3) is 0.280. The van der Waals surface area contributed by atoms with Gasteiger partial charge in [0.1, 0.15) is 0 Å². The molecule has 1 aliphatic rings. The normalized spacial score (nSPS) is 13.3. The smallest absolute Gasteiger partial charge is 0.316 e. The minimum Gasteiger partial charge on any atom is -0.504 e. The summed E-state index contributed by atoms with van der Waals surface area (Å²) >= 11 is 0. The Balaban J connectivity index is 1.34. The molecule has 0 spiro atoms. The Morgan fingerprint density at radius 2 is 1.71 bits per heavy atom. The van der Waals surface area contributed by atoms with Crippen molar-refractivity contribution < 1.29 is 24.2 Å². The number of methoxy groups -OCH3 is 2. The lowest BCUT2D eigenvalue weighted by Gasteiger charge is -2.37. The molecule has 3 aromatic rings. The fourth-order valence-electron chi connectivity index (χ4n) is 3.94. The van der Waals surface area contributed by atoms with Crippen LogP contribution in [0.2, 0.25) is 0 Å². The molecule has 1 aliphatic heterocycles. The summed E-state index contributed by atoms with van der Waals surface area (Å²) in [7, 11) is 2.93. The van der Waals surface area contributed by atoms with Gasteiger partial charge in [-0.25, -0.2) is 9.97 Å². The second-order valence-electron chi connectivity index (χ2n) is 7.91. The van der Waals surface area contributed by atoms with E-state index in [2.05, 4.69) is 20.2 Å². The van der Waals surface area contributed by atoms with E-state index in [9.17, 15) is 14.7 Å². The Kier molecular flexibility index (Phi) is 7.30. The number of phenolic OH excluding ortho intramolecular Hbond substituents is 1. The summed E-state index contributed by atoms with van der Waals surface area (Å²) in [6.07, 6.45) is 3.47. The number of nitrogens with one attached hydrogen (secondary N) is 1. The third kappa shape index (κ3) is 5.43. The molecule has 1 saturated heterocycles. The molecule has 2 heterocycles. The van der Waals surface area contributed by atoms with Gasteiger partial charge in [0, 0.05) is 61.0 Å². The molecule has 182 valence electrons. The number of piperazine rings is 1. The second kappa shape index (κ2) is 10.7. The first-order valence-corrected chi connectivity index (χ1v) is 11.1. The van der Waals surface area contributed by atoms with Crippen molar-refractivity contribution in [1.29, 1.82) is 0 Å². The van der Waals surface area contributed by atoms with Crippen LogP contribution in [0.4, 0.5) is 5.69 Å². The highest BCUT2D eigenvalue weighted by atomic mass is 16.5. The molecule has 10 heteroatoms. The van der Waals surface area contributed by atoms with Crippen LogP contribution in [0.5, 0.6) is 17.5 Å². The van der Waals surface area contributed by atoms with E-state index in [-0.39, 0.29) is 24.0 Å². The zero-order chi connectivity index (χ0) is 24.8. The summed E-state index contributed by atoms with van der Waals surface area (Å²) in [5.74, 6) is -0.424. The lowest BCUT2D eigenvalue weighted by Crippen LogP contribution is -2.51. The van der Waals surface area contributed by atoms with E-state index >= 15 is 0 Å². The maximum Gasteiger partial charge on any atom is 0.316 e. The molecule has 0 unspecified atom stereocenters. The maximum absolute atomic E-state index is 12.7. The lowest BCUT2D eigenvalue weighted by molar-refractivity contribution is -0.130. The molecular weight excluding hydrogens is 450 g/mol. The number of carbonyl (C=O) groups is 2. The zero-order valence-electron chi connectivity index (χ0n) is 19.6. The van der Waals surface area contributed by atoms with Gasteiger partial charge in [-0.2, -0.15) is 0 Å². The van der Waals surface area contributed by atoms with Crippen LogP contribution >= 0.6 is 0 Å². The third-order valence-electron chi connectivity index (χ3n) is 5.84. The van der Waals surface area contributed by atoms with Crippen LogP contribution in [-0.4, -0.2) is 78.7 Å². The molecule has 1 fully saturated rings. The minimum atomic E-state index is -0.411. The number of anilines is 1. The van der Waals surface area contributed by atoms with Gasteiger partial charge in [-0.1, -0.05) is 18.2 Å². The van der Waals surface area contributed by atoms with Gasteiger partial charge in [0.15, 0.2) is 11.5 Å². The number of benzene rings is 2. The van der Waals surface area contributed by atoms with Gasteiger partial charge in [-0.05, 0) is 24.3 Å². The maximum atomic E-state index is 12.7. The molecule has 0 aliphatic carbocycles. The minimum absolute atomic E-state index is 0.0564. The fourth-order valence-corrected chi connectivity index (χ4v) is 3.94. The number of aromatic nitrogens is 2. The highest BCUT2D eigenvalue weighted by Crippen LogP contribution is 2.31. The molecule has 0 saturated carbocycles. The van der Waals surface area contributed by atoms with Crippen LogP contribution in [0.15, 0.2) is 54.9 Å². The summed E-state index contributed by atoms with van der Waals surface area (Å²) in [5, 5.41) is 12.3. The Hall–Kier alpha value is -4.34. The van der Waals surface area contributed by atoms with Crippen LogP contribution in [-0.2, 0) is 4.79 Å². The standard InChI is InChI=1S/C25H27N5O5/c1-34-22-13-17(7-8-21(22)31)24(33)26-16-23(32)30-11-9-29(10-12-30)20-6-4-3-5-19(20)18-14-27-25(35-2)28-15-18/h3-8,13-15,31H,9-12,16H2,1-2H3,(H,26,33). The molecule has 35 heavy (non-hydrogen) atoms. The topological polar surface area (TPSA) is 117 Å². The summed E-state index contributed by atoms with van der Waals surface area (Å²) in [4.78, 5) is 37.5. The zero-order valence-corrected chi connectivity index (χ0v) is 19.6. The predicted octanol–water partition coefficient (Wildman–Crippen LogP) is 1.95. The second-order valence-corrected chi connectivity index (χ2v) is 7.91. The van der Waals surface area contributed by atoms with Gasteiger partial charge in [0.2, 0.25) is 5.91 Å². The van der Waals surface area contributed by atoms with Crippen LogP contribution < -0.4 is 19.7 Å². The van der Waals surface area contributed by atoms with E-state index in [1.165, 1.54) is 32.4 Å². The molecule has 1 aromatic heterocycles. The number of ether oxygens (including phenoxy) is 2. The van der Waals surface area contributed by atoms with Gasteiger partial charge in [0.05, 0.1) is 20.8 Å². The molecule has 0 bridgehead atoms. The summed E-state index contributed by atoms with van der Waals surface area (Å²) < 4.78 is 10.1. The first-order valence-electron chi connectivity index (χ1n) is 11.1. The quantitative estimate of drug-likeness (QED) is 0.530. The number of amides is 2. The number of nitrogens with zero attached hydrogens (tertiary/aromatic N) is 4. The van der Waals surface area contributed by atoms with Crippen LogP contribution in [0.1, 0.15) is 10.4 Å². The Morgan fingerprint density at radius 1 is 1.00 bits per heavy atom. The summed E-state index contributed by atoms with van der Waals surface area (Å²) in [6.45, 7) is 2.28. The molecule has 0 radical (unpaired) electrons. The van der Waals surface area contributed by atoms with E-state index in [0.717, 1.165) is 16.8 Å². The van der Waals surface area contributed by atoms with Gasteiger partial charge in [-0.15, -0.1) is 0 Å². The number of hydrogen-bond donors (Lipinski definition) is 2. The molecular formula is C25H27N5O5. The third-order valence-corrected chi connectivity index (χ3v) is 5.84. The number of rotatable bonds is 7. The van der Waals surface area contributed by atoms with E-state index < -0.39 is 5.91 Å². The van der Waals surface area contributed by atoms with Crippen molar-refractivity contribution in [2.75, 3.05) is 51.8 Å². The van der Waals surface area contributed by atoms with Crippen molar-refractivity contribution in [1.82, 2.24) is 20.2 Å². The van der Waals surface area contributed by atoms with Crippen LogP contribution in [0, 0.1) is 0 Å². The molecule has 2 aromatic carbocycles. The predicted molar refractivity (Wildman–Crippen MR) is 130 cm³/mol. The number of aromatic hydroxyl groups is 1. The number of phenols is 1. The first-order chi connectivity index (χ1) is 17.0. The summed E-state index contributed by atoms with van der Waals surface area (Å²) in [5.41, 5.74) is 3.24. The number of carbonyl (C=O) groups excluding carboxylic acids is 2. The Morgan fingerprint density at radius 3 is 2.40 bits per heavy atom. The highest BCUT2D eigenvalue weighted by Gasteiger charge is 2.23. The average molecular weight is 478 g/mol. The first kappa shape index (κ1) is 23.8. The van der Waals surface area contributed by atoms with Crippen LogP contribution in [0.25, 0.3) is 11.1 Å². The molecule has 4 rings (SSSR count). The van der Waals surface area contributed by atoms with Gasteiger partial charge >= 0.3 is 6.01 Å². The lowest BCUT2D eigenvalue weighted by atomic mass is 10.1. The van der Waals surface area contributed by atoms with Gasteiger partial charge in [0.25, 0.3) is 5.91 Å². The van der Waals surface area contributed by atoms with Crippen molar-refractivity contribution in [3.05, 3.63) is 60.4 Å². The molecule has 2 N–H and O–H groups in total. The molecule has 2 amide bonds. The van der Waals surface area contributed by atoms with Crippen molar-refractivity contribution in [3.63, 3.8) is 0 Å². The van der Waals surface area contributed by atoms with E-state index in [4.69, 9.17) is 9.47 Å². The SMILES string of the molecule is COc1ncc(-c2ccccc2N2CCN(C(=O)CNC(=O)c3ccc(O)c(OC)c3)CC2)cn1. The van der Waals surface area contributed by atoms with Crippen molar-refractivity contribution >= 4 is 17.5 Å².